The fraction of sp³-hybridized carbons (Fsp3) is 0.643. The van der Waals surface area contributed by atoms with Gasteiger partial charge < -0.3 is 9.88 Å². The van der Waals surface area contributed by atoms with Crippen molar-refractivity contribution in [2.45, 2.75) is 45.6 Å². The van der Waals surface area contributed by atoms with Crippen molar-refractivity contribution in [2.75, 3.05) is 6.54 Å². The first-order valence-corrected chi connectivity index (χ1v) is 7.52. The van der Waals surface area contributed by atoms with Crippen molar-refractivity contribution in [2.24, 2.45) is 5.92 Å². The van der Waals surface area contributed by atoms with Gasteiger partial charge in [0, 0.05) is 23.3 Å². The summed E-state index contributed by atoms with van der Waals surface area (Å²) in [5, 5.41) is 0. The number of H-pyrrole nitrogens is 1. The molecule has 4 heteroatoms. The van der Waals surface area contributed by atoms with E-state index in [0.29, 0.717) is 17.7 Å². The smallest absolute Gasteiger partial charge is 0.270 e. The van der Waals surface area contributed by atoms with Gasteiger partial charge in [-0.05, 0) is 40.8 Å². The lowest BCUT2D eigenvalue weighted by molar-refractivity contribution is 0.0650. The minimum atomic E-state index is 0.140. The summed E-state index contributed by atoms with van der Waals surface area (Å²) >= 11 is 3.38. The molecule has 1 N–H and O–H groups in total. The van der Waals surface area contributed by atoms with E-state index in [0.717, 1.165) is 23.9 Å². The van der Waals surface area contributed by atoms with Gasteiger partial charge in [-0.1, -0.05) is 26.7 Å². The van der Waals surface area contributed by atoms with Crippen LogP contribution in [0.4, 0.5) is 0 Å². The molecule has 2 rings (SSSR count). The summed E-state index contributed by atoms with van der Waals surface area (Å²) in [6.07, 6.45) is 6.62. The molecule has 1 aliphatic rings. The van der Waals surface area contributed by atoms with Crippen molar-refractivity contribution in [3.63, 3.8) is 0 Å². The molecule has 1 fully saturated rings. The summed E-state index contributed by atoms with van der Waals surface area (Å²) in [4.78, 5) is 17.7. The van der Waals surface area contributed by atoms with Crippen LogP contribution in [0.5, 0.6) is 0 Å². The molecule has 18 heavy (non-hydrogen) atoms. The topological polar surface area (TPSA) is 36.1 Å². The Labute approximate surface area is 117 Å². The molecule has 0 aromatic carbocycles. The molecule has 100 valence electrons. The molecule has 1 amide bonds. The summed E-state index contributed by atoms with van der Waals surface area (Å²) < 4.78 is 0.932. The highest BCUT2D eigenvalue weighted by atomic mass is 79.9. The van der Waals surface area contributed by atoms with E-state index in [1.54, 1.807) is 0 Å². The normalized spacial score (nSPS) is 16.4. The number of carbonyl (C=O) groups excluding carboxylic acids is 1. The predicted octanol–water partition coefficient (Wildman–Crippen LogP) is 3.82. The Morgan fingerprint density at radius 1 is 1.50 bits per heavy atom. The molecule has 0 saturated heterocycles. The van der Waals surface area contributed by atoms with Crippen molar-refractivity contribution in [3.8, 4) is 0 Å². The van der Waals surface area contributed by atoms with E-state index in [-0.39, 0.29) is 5.91 Å². The second kappa shape index (κ2) is 5.91. The lowest BCUT2D eigenvalue weighted by Crippen LogP contribution is -2.41. The Kier molecular flexibility index (Phi) is 4.49. The summed E-state index contributed by atoms with van der Waals surface area (Å²) in [6.45, 7) is 5.18. The molecular formula is C14H21BrN2O. The van der Waals surface area contributed by atoms with E-state index in [1.807, 2.05) is 12.3 Å². The number of hydrogen-bond donors (Lipinski definition) is 1. The maximum atomic E-state index is 12.6. The van der Waals surface area contributed by atoms with Crippen LogP contribution in [0.15, 0.2) is 16.7 Å². The zero-order valence-corrected chi connectivity index (χ0v) is 12.7. The molecule has 1 aromatic rings. The number of aromatic nitrogens is 1. The summed E-state index contributed by atoms with van der Waals surface area (Å²) in [6, 6.07) is 2.30. The van der Waals surface area contributed by atoms with Crippen LogP contribution in [0.1, 0.15) is 50.0 Å². The third kappa shape index (κ3) is 3.16. The molecule has 3 nitrogen and oxygen atoms in total. The SMILES string of the molecule is CC(C)CN(C(=O)c1cc(Br)c[nH]1)C1CCCC1. The van der Waals surface area contributed by atoms with Gasteiger partial charge in [-0.15, -0.1) is 0 Å². The number of rotatable bonds is 4. The van der Waals surface area contributed by atoms with E-state index < -0.39 is 0 Å². The predicted molar refractivity (Wildman–Crippen MR) is 76.6 cm³/mol. The Hall–Kier alpha value is -0.770. The third-order valence-electron chi connectivity index (χ3n) is 3.47. The molecule has 0 bridgehead atoms. The number of aromatic amines is 1. The van der Waals surface area contributed by atoms with Crippen LogP contribution < -0.4 is 0 Å². The van der Waals surface area contributed by atoms with Crippen molar-refractivity contribution in [3.05, 3.63) is 22.4 Å². The van der Waals surface area contributed by atoms with Gasteiger partial charge in [0.25, 0.3) is 5.91 Å². The van der Waals surface area contributed by atoms with Crippen molar-refractivity contribution < 1.29 is 4.79 Å². The number of carbonyl (C=O) groups is 1. The first kappa shape index (κ1) is 13.7. The van der Waals surface area contributed by atoms with Gasteiger partial charge in [-0.25, -0.2) is 0 Å². The summed E-state index contributed by atoms with van der Waals surface area (Å²) in [7, 11) is 0. The van der Waals surface area contributed by atoms with E-state index in [2.05, 4.69) is 39.7 Å². The van der Waals surface area contributed by atoms with Crippen molar-refractivity contribution in [1.29, 1.82) is 0 Å². The monoisotopic (exact) mass is 312 g/mol. The van der Waals surface area contributed by atoms with Gasteiger partial charge in [0.15, 0.2) is 0 Å². The molecule has 0 radical (unpaired) electrons. The van der Waals surface area contributed by atoms with Gasteiger partial charge in [-0.2, -0.15) is 0 Å². The summed E-state index contributed by atoms with van der Waals surface area (Å²) in [5.41, 5.74) is 0.689. The Balaban J connectivity index is 2.14. The minimum absolute atomic E-state index is 0.140. The van der Waals surface area contributed by atoms with Gasteiger partial charge >= 0.3 is 0 Å². The first-order chi connectivity index (χ1) is 8.58. The Morgan fingerprint density at radius 2 is 2.17 bits per heavy atom. The van der Waals surface area contributed by atoms with Gasteiger partial charge in [0.05, 0.1) is 0 Å². The quantitative estimate of drug-likeness (QED) is 0.901. The van der Waals surface area contributed by atoms with Crippen LogP contribution in [0.2, 0.25) is 0 Å². The standard InChI is InChI=1S/C14H21BrN2O/c1-10(2)9-17(12-5-3-4-6-12)14(18)13-7-11(15)8-16-13/h7-8,10,12,16H,3-6,9H2,1-2H3. The van der Waals surface area contributed by atoms with Gasteiger partial charge in [0.1, 0.15) is 5.69 Å². The lowest BCUT2D eigenvalue weighted by Gasteiger charge is -2.30. The molecule has 0 aliphatic heterocycles. The average molecular weight is 313 g/mol. The van der Waals surface area contributed by atoms with Crippen molar-refractivity contribution >= 4 is 21.8 Å². The highest BCUT2D eigenvalue weighted by Gasteiger charge is 2.28. The largest absolute Gasteiger partial charge is 0.356 e. The van der Waals surface area contributed by atoms with Crippen LogP contribution in [0, 0.1) is 5.92 Å². The maximum absolute atomic E-state index is 12.6. The molecule has 0 unspecified atom stereocenters. The number of amides is 1. The maximum Gasteiger partial charge on any atom is 0.270 e. The average Bonchev–Trinajstić information content (AvgIpc) is 2.95. The van der Waals surface area contributed by atoms with E-state index in [4.69, 9.17) is 0 Å². The van der Waals surface area contributed by atoms with Gasteiger partial charge in [-0.3, -0.25) is 4.79 Å². The molecule has 0 atom stereocenters. The third-order valence-corrected chi connectivity index (χ3v) is 3.92. The van der Waals surface area contributed by atoms with Crippen molar-refractivity contribution in [1.82, 2.24) is 9.88 Å². The van der Waals surface area contributed by atoms with E-state index in [9.17, 15) is 4.79 Å². The second-order valence-electron chi connectivity index (χ2n) is 5.52. The molecular weight excluding hydrogens is 292 g/mol. The van der Waals surface area contributed by atoms with Gasteiger partial charge in [0.2, 0.25) is 0 Å². The zero-order chi connectivity index (χ0) is 13.1. The molecule has 0 spiro atoms. The highest BCUT2D eigenvalue weighted by Crippen LogP contribution is 2.26. The van der Waals surface area contributed by atoms with E-state index in [1.165, 1.54) is 12.8 Å². The Morgan fingerprint density at radius 3 is 2.67 bits per heavy atom. The van der Waals surface area contributed by atoms with Crippen LogP contribution >= 0.6 is 15.9 Å². The molecule has 1 aliphatic carbocycles. The fourth-order valence-corrected chi connectivity index (χ4v) is 3.00. The highest BCUT2D eigenvalue weighted by molar-refractivity contribution is 9.10. The minimum Gasteiger partial charge on any atom is -0.356 e. The summed E-state index contributed by atoms with van der Waals surface area (Å²) in [5.74, 6) is 0.647. The zero-order valence-electron chi connectivity index (χ0n) is 11.1. The Bertz CT molecular complexity index is 408. The van der Waals surface area contributed by atoms with Crippen LogP contribution in [0.3, 0.4) is 0 Å². The molecule has 1 saturated carbocycles. The van der Waals surface area contributed by atoms with Crippen LogP contribution in [0.25, 0.3) is 0 Å². The van der Waals surface area contributed by atoms with E-state index >= 15 is 0 Å². The first-order valence-electron chi connectivity index (χ1n) is 6.73. The lowest BCUT2D eigenvalue weighted by atomic mass is 10.1. The number of nitrogens with zero attached hydrogens (tertiary/aromatic N) is 1. The van der Waals surface area contributed by atoms with Crippen LogP contribution in [-0.4, -0.2) is 28.4 Å². The number of hydrogen-bond acceptors (Lipinski definition) is 1. The second-order valence-corrected chi connectivity index (χ2v) is 6.44. The number of nitrogens with one attached hydrogen (secondary N) is 1. The molecule has 1 aromatic heterocycles. The molecule has 1 heterocycles. The van der Waals surface area contributed by atoms with Crippen LogP contribution in [-0.2, 0) is 0 Å². The number of halogens is 1. The fourth-order valence-electron chi connectivity index (χ4n) is 2.65.